The van der Waals surface area contributed by atoms with Gasteiger partial charge >= 0.3 is 0 Å². The first-order valence-corrected chi connectivity index (χ1v) is 7.78. The third kappa shape index (κ3) is 3.30. The molecule has 3 heterocycles. The number of carbonyl (C=O) groups is 1. The minimum Gasteiger partial charge on any atom is -0.480 e. The van der Waals surface area contributed by atoms with Crippen LogP contribution in [0.1, 0.15) is 13.3 Å². The normalized spacial score (nSPS) is 10.5. The van der Waals surface area contributed by atoms with E-state index >= 15 is 0 Å². The molecule has 9 nitrogen and oxygen atoms in total. The van der Waals surface area contributed by atoms with Crippen LogP contribution in [0.2, 0.25) is 0 Å². The number of methoxy groups -OCH3 is 1. The van der Waals surface area contributed by atoms with E-state index in [1.807, 2.05) is 6.07 Å². The van der Waals surface area contributed by atoms with Gasteiger partial charge in [0.15, 0.2) is 5.65 Å². The first-order valence-electron chi connectivity index (χ1n) is 7.78. The first-order chi connectivity index (χ1) is 12.2. The number of amides is 1. The Morgan fingerprint density at radius 3 is 2.92 bits per heavy atom. The van der Waals surface area contributed by atoms with Crippen molar-refractivity contribution in [1.82, 2.24) is 19.6 Å². The molecular weight excluding hydrogens is 322 g/mol. The number of anilines is 4. The van der Waals surface area contributed by atoms with Crippen LogP contribution >= 0.6 is 0 Å². The average Bonchev–Trinajstić information content (AvgIpc) is 3.04. The molecule has 3 rings (SSSR count). The van der Waals surface area contributed by atoms with Crippen LogP contribution in [0.4, 0.5) is 23.0 Å². The van der Waals surface area contributed by atoms with E-state index in [0.717, 1.165) is 0 Å². The number of hydrogen-bond donors (Lipinski definition) is 3. The molecule has 3 aromatic heterocycles. The summed E-state index contributed by atoms with van der Waals surface area (Å²) in [6, 6.07) is 5.44. The highest BCUT2D eigenvalue weighted by atomic mass is 16.5. The van der Waals surface area contributed by atoms with E-state index in [-0.39, 0.29) is 5.91 Å². The number of ether oxygens (including phenoxy) is 1. The maximum Gasteiger partial charge on any atom is 0.237 e. The van der Waals surface area contributed by atoms with E-state index in [2.05, 4.69) is 31.0 Å². The third-order valence-corrected chi connectivity index (χ3v) is 3.55. The van der Waals surface area contributed by atoms with Crippen LogP contribution in [0, 0.1) is 0 Å². The van der Waals surface area contributed by atoms with Crippen molar-refractivity contribution in [2.45, 2.75) is 13.3 Å². The van der Waals surface area contributed by atoms with Crippen LogP contribution in [0.15, 0.2) is 30.6 Å². The van der Waals surface area contributed by atoms with Crippen molar-refractivity contribution in [3.8, 4) is 5.88 Å². The molecule has 3 aromatic rings. The van der Waals surface area contributed by atoms with E-state index in [0.29, 0.717) is 41.0 Å². The molecule has 0 saturated carbocycles. The van der Waals surface area contributed by atoms with E-state index in [4.69, 9.17) is 4.74 Å². The Bertz CT molecular complexity index is 907. The van der Waals surface area contributed by atoms with Gasteiger partial charge in [0.05, 0.1) is 13.3 Å². The number of nitrogens with one attached hydrogen (secondary N) is 3. The second-order valence-electron chi connectivity index (χ2n) is 5.16. The fraction of sp³-hybridized carbons (Fsp3) is 0.250. The molecule has 0 bridgehead atoms. The summed E-state index contributed by atoms with van der Waals surface area (Å²) in [5.41, 5.74) is 1.76. The van der Waals surface area contributed by atoms with Gasteiger partial charge < -0.3 is 20.7 Å². The molecule has 0 aromatic carbocycles. The fourth-order valence-electron chi connectivity index (χ4n) is 2.32. The van der Waals surface area contributed by atoms with Crippen molar-refractivity contribution < 1.29 is 9.53 Å². The van der Waals surface area contributed by atoms with Gasteiger partial charge in [0.2, 0.25) is 11.8 Å². The predicted molar refractivity (Wildman–Crippen MR) is 95.5 cm³/mol. The highest BCUT2D eigenvalue weighted by Crippen LogP contribution is 2.27. The molecule has 0 aliphatic carbocycles. The van der Waals surface area contributed by atoms with Crippen molar-refractivity contribution in [2.24, 2.45) is 0 Å². The summed E-state index contributed by atoms with van der Waals surface area (Å²) in [4.78, 5) is 20.4. The van der Waals surface area contributed by atoms with Crippen molar-refractivity contribution in [3.63, 3.8) is 0 Å². The zero-order valence-corrected chi connectivity index (χ0v) is 14.2. The molecule has 0 radical (unpaired) electrons. The van der Waals surface area contributed by atoms with Crippen molar-refractivity contribution in [1.29, 1.82) is 0 Å². The molecule has 0 unspecified atom stereocenters. The molecule has 0 spiro atoms. The highest BCUT2D eigenvalue weighted by Gasteiger charge is 2.13. The minimum absolute atomic E-state index is 0.102. The Morgan fingerprint density at radius 2 is 2.20 bits per heavy atom. The summed E-state index contributed by atoms with van der Waals surface area (Å²) < 4.78 is 6.87. The molecule has 0 saturated heterocycles. The van der Waals surface area contributed by atoms with E-state index in [1.165, 1.54) is 0 Å². The summed E-state index contributed by atoms with van der Waals surface area (Å²) in [6.07, 6.45) is 3.60. The van der Waals surface area contributed by atoms with Crippen LogP contribution in [0.5, 0.6) is 5.88 Å². The molecule has 9 heteroatoms. The molecular formula is C16H19N7O2. The topological polar surface area (TPSA) is 105 Å². The number of aromatic nitrogens is 4. The van der Waals surface area contributed by atoms with Gasteiger partial charge in [-0.15, -0.1) is 0 Å². The number of carbonyl (C=O) groups excluding carboxylic acids is 1. The number of hydrogen-bond acceptors (Lipinski definition) is 7. The van der Waals surface area contributed by atoms with Crippen LogP contribution < -0.4 is 20.7 Å². The predicted octanol–water partition coefficient (Wildman–Crippen LogP) is 2.27. The van der Waals surface area contributed by atoms with Gasteiger partial charge in [-0.05, 0) is 12.1 Å². The number of nitrogens with zero attached hydrogens (tertiary/aromatic N) is 4. The summed E-state index contributed by atoms with van der Waals surface area (Å²) in [6.45, 7) is 1.79. The Hall–Kier alpha value is -3.36. The minimum atomic E-state index is -0.102. The second-order valence-corrected chi connectivity index (χ2v) is 5.16. The van der Waals surface area contributed by atoms with Crippen LogP contribution in [-0.2, 0) is 4.79 Å². The molecule has 0 aliphatic heterocycles. The van der Waals surface area contributed by atoms with Crippen LogP contribution in [0.3, 0.4) is 0 Å². The zero-order valence-electron chi connectivity index (χ0n) is 14.2. The quantitative estimate of drug-likeness (QED) is 0.631. The lowest BCUT2D eigenvalue weighted by molar-refractivity contribution is -0.115. The Labute approximate surface area is 144 Å². The second kappa shape index (κ2) is 7.04. The standard InChI is InChI=1S/C16H19N7O2/c1-4-14(24)21-11-9-19-23-13(17-2)8-12(22-15(11)23)20-10-6-5-7-18-16(10)25-3/h5-9,17H,4H2,1-3H3,(H,20,22)(H,21,24). The lowest BCUT2D eigenvalue weighted by atomic mass is 10.3. The summed E-state index contributed by atoms with van der Waals surface area (Å²) in [7, 11) is 3.34. The fourth-order valence-corrected chi connectivity index (χ4v) is 2.32. The number of pyridine rings is 1. The van der Waals surface area contributed by atoms with E-state index in [9.17, 15) is 4.79 Å². The number of rotatable bonds is 6. The smallest absolute Gasteiger partial charge is 0.237 e. The molecule has 0 atom stereocenters. The van der Waals surface area contributed by atoms with Crippen molar-refractivity contribution in [3.05, 3.63) is 30.6 Å². The van der Waals surface area contributed by atoms with E-state index < -0.39 is 0 Å². The Kier molecular flexibility index (Phi) is 4.64. The van der Waals surface area contributed by atoms with Crippen molar-refractivity contribution in [2.75, 3.05) is 30.1 Å². The third-order valence-electron chi connectivity index (χ3n) is 3.55. The van der Waals surface area contributed by atoms with Gasteiger partial charge in [0.25, 0.3) is 0 Å². The van der Waals surface area contributed by atoms with Crippen LogP contribution in [-0.4, -0.2) is 39.6 Å². The molecule has 1 amide bonds. The molecule has 0 fully saturated rings. The van der Waals surface area contributed by atoms with Crippen LogP contribution in [0.25, 0.3) is 5.65 Å². The SMILES string of the molecule is CCC(=O)Nc1cnn2c(NC)cc(Nc3cccnc3OC)nc12. The molecule has 25 heavy (non-hydrogen) atoms. The van der Waals surface area contributed by atoms with Crippen molar-refractivity contribution >= 4 is 34.6 Å². The average molecular weight is 341 g/mol. The van der Waals surface area contributed by atoms with Gasteiger partial charge in [-0.2, -0.15) is 9.61 Å². The summed E-state index contributed by atoms with van der Waals surface area (Å²) in [5, 5.41) is 13.3. The molecule has 130 valence electrons. The largest absolute Gasteiger partial charge is 0.480 e. The number of fused-ring (bicyclic) bond motifs is 1. The Morgan fingerprint density at radius 1 is 1.36 bits per heavy atom. The maximum absolute atomic E-state index is 11.7. The molecule has 3 N–H and O–H groups in total. The summed E-state index contributed by atoms with van der Waals surface area (Å²) >= 11 is 0. The Balaban J connectivity index is 2.03. The monoisotopic (exact) mass is 341 g/mol. The van der Waals surface area contributed by atoms with Gasteiger partial charge in [0.1, 0.15) is 23.0 Å². The van der Waals surface area contributed by atoms with Gasteiger partial charge in [0, 0.05) is 25.7 Å². The maximum atomic E-state index is 11.7. The van der Waals surface area contributed by atoms with Gasteiger partial charge in [-0.25, -0.2) is 9.97 Å². The zero-order chi connectivity index (χ0) is 17.8. The van der Waals surface area contributed by atoms with Gasteiger partial charge in [-0.1, -0.05) is 6.92 Å². The van der Waals surface area contributed by atoms with E-state index in [1.54, 1.807) is 50.1 Å². The lowest BCUT2D eigenvalue weighted by Gasteiger charge is -2.12. The highest BCUT2D eigenvalue weighted by molar-refractivity contribution is 5.94. The molecule has 0 aliphatic rings. The lowest BCUT2D eigenvalue weighted by Crippen LogP contribution is -2.10. The summed E-state index contributed by atoms with van der Waals surface area (Å²) in [5.74, 6) is 1.64. The first kappa shape index (κ1) is 16.5. The van der Waals surface area contributed by atoms with Gasteiger partial charge in [-0.3, -0.25) is 4.79 Å².